The molecule has 6 nitrogen and oxygen atoms in total. The van der Waals surface area contributed by atoms with Crippen LogP contribution in [0.4, 0.5) is 0 Å². The summed E-state index contributed by atoms with van der Waals surface area (Å²) in [5, 5.41) is 11.2. The van der Waals surface area contributed by atoms with Crippen molar-refractivity contribution in [1.82, 2.24) is 15.5 Å². The summed E-state index contributed by atoms with van der Waals surface area (Å²) in [5.41, 5.74) is 5.67. The van der Waals surface area contributed by atoms with Gasteiger partial charge in [-0.05, 0) is 26.0 Å². The molecule has 0 aliphatic carbocycles. The lowest BCUT2D eigenvalue weighted by Crippen LogP contribution is -2.42. The number of nitrogens with one attached hydrogen (secondary N) is 1. The third-order valence-corrected chi connectivity index (χ3v) is 2.82. The highest BCUT2D eigenvalue weighted by atomic mass is 16.4. The van der Waals surface area contributed by atoms with E-state index in [1.54, 1.807) is 0 Å². The average Bonchev–Trinajstić information content (AvgIpc) is 2.85. The molecule has 1 heterocycles. The zero-order valence-electron chi connectivity index (χ0n) is 11.6. The molecule has 2 aromatic rings. The second kappa shape index (κ2) is 5.83. The van der Waals surface area contributed by atoms with Gasteiger partial charge in [0.05, 0.1) is 6.54 Å². The predicted octanol–water partition coefficient (Wildman–Crippen LogP) is 1.48. The van der Waals surface area contributed by atoms with Crippen LogP contribution in [0.25, 0.3) is 11.5 Å². The molecule has 0 saturated carbocycles. The number of amides is 1. The minimum atomic E-state index is -0.410. The van der Waals surface area contributed by atoms with Crippen molar-refractivity contribution >= 4 is 5.91 Å². The van der Waals surface area contributed by atoms with Crippen molar-refractivity contribution in [3.05, 3.63) is 36.2 Å². The Morgan fingerprint density at radius 1 is 1.30 bits per heavy atom. The van der Waals surface area contributed by atoms with E-state index in [-0.39, 0.29) is 12.3 Å². The Labute approximate surface area is 117 Å². The number of nitrogens with two attached hydrogens (primary N) is 1. The number of benzene rings is 1. The van der Waals surface area contributed by atoms with Crippen molar-refractivity contribution < 1.29 is 9.21 Å². The van der Waals surface area contributed by atoms with E-state index in [1.165, 1.54) is 0 Å². The van der Waals surface area contributed by atoms with Crippen LogP contribution in [0.2, 0.25) is 0 Å². The van der Waals surface area contributed by atoms with Crippen LogP contribution in [0.15, 0.2) is 34.7 Å². The van der Waals surface area contributed by atoms with Crippen molar-refractivity contribution in [2.45, 2.75) is 32.4 Å². The van der Waals surface area contributed by atoms with Gasteiger partial charge in [0, 0.05) is 17.5 Å². The van der Waals surface area contributed by atoms with E-state index in [2.05, 4.69) is 15.5 Å². The molecule has 0 atom stereocenters. The monoisotopic (exact) mass is 274 g/mol. The summed E-state index contributed by atoms with van der Waals surface area (Å²) in [6, 6.07) is 9.55. The molecule has 0 unspecified atom stereocenters. The molecule has 20 heavy (non-hydrogen) atoms. The number of carbonyl (C=O) groups excluding carboxylic acids is 1. The molecule has 106 valence electrons. The van der Waals surface area contributed by atoms with E-state index < -0.39 is 5.54 Å². The number of carbonyl (C=O) groups is 1. The average molecular weight is 274 g/mol. The topological polar surface area (TPSA) is 94.0 Å². The lowest BCUT2D eigenvalue weighted by atomic mass is 10.0. The quantitative estimate of drug-likeness (QED) is 0.832. The third kappa shape index (κ3) is 3.89. The lowest BCUT2D eigenvalue weighted by Gasteiger charge is -2.23. The first kappa shape index (κ1) is 14.2. The standard InChI is InChI=1S/C14H18N4O2/c1-14(2,8-11(15)19)16-9-12-17-18-13(20-12)10-6-4-3-5-7-10/h3-7,16H,8-9H2,1-2H3,(H2,15,19). The Balaban J connectivity index is 1.99. The van der Waals surface area contributed by atoms with Crippen molar-refractivity contribution in [3.8, 4) is 11.5 Å². The SMILES string of the molecule is CC(C)(CC(N)=O)NCc1nnc(-c2ccccc2)o1. The van der Waals surface area contributed by atoms with Crippen LogP contribution < -0.4 is 11.1 Å². The largest absolute Gasteiger partial charge is 0.419 e. The van der Waals surface area contributed by atoms with Gasteiger partial charge in [0.25, 0.3) is 0 Å². The predicted molar refractivity (Wildman–Crippen MR) is 74.5 cm³/mol. The van der Waals surface area contributed by atoms with Crippen LogP contribution in [-0.4, -0.2) is 21.6 Å². The first-order chi connectivity index (χ1) is 9.46. The molecular weight excluding hydrogens is 256 g/mol. The lowest BCUT2D eigenvalue weighted by molar-refractivity contribution is -0.119. The number of hydrogen-bond acceptors (Lipinski definition) is 5. The highest BCUT2D eigenvalue weighted by Crippen LogP contribution is 2.17. The zero-order chi connectivity index (χ0) is 14.6. The van der Waals surface area contributed by atoms with Crippen molar-refractivity contribution in [2.24, 2.45) is 5.73 Å². The van der Waals surface area contributed by atoms with Gasteiger partial charge in [-0.25, -0.2) is 0 Å². The number of aromatic nitrogens is 2. The molecular formula is C14H18N4O2. The minimum Gasteiger partial charge on any atom is -0.419 e. The van der Waals surface area contributed by atoms with Gasteiger partial charge < -0.3 is 15.5 Å². The maximum absolute atomic E-state index is 10.9. The highest BCUT2D eigenvalue weighted by Gasteiger charge is 2.21. The normalized spacial score (nSPS) is 11.5. The van der Waals surface area contributed by atoms with Crippen molar-refractivity contribution in [3.63, 3.8) is 0 Å². The van der Waals surface area contributed by atoms with Gasteiger partial charge >= 0.3 is 0 Å². The van der Waals surface area contributed by atoms with E-state index in [9.17, 15) is 4.79 Å². The molecule has 0 radical (unpaired) electrons. The van der Waals surface area contributed by atoms with Gasteiger partial charge in [0.15, 0.2) is 0 Å². The van der Waals surface area contributed by atoms with E-state index in [0.29, 0.717) is 18.3 Å². The number of nitrogens with zero attached hydrogens (tertiary/aromatic N) is 2. The summed E-state index contributed by atoms with van der Waals surface area (Å²) >= 11 is 0. The molecule has 0 aliphatic rings. The molecule has 0 fully saturated rings. The summed E-state index contributed by atoms with van der Waals surface area (Å²) < 4.78 is 5.57. The zero-order valence-corrected chi connectivity index (χ0v) is 11.6. The molecule has 1 aromatic heterocycles. The smallest absolute Gasteiger partial charge is 0.247 e. The van der Waals surface area contributed by atoms with Gasteiger partial charge in [0.2, 0.25) is 17.7 Å². The van der Waals surface area contributed by atoms with E-state index in [4.69, 9.17) is 10.2 Å². The van der Waals surface area contributed by atoms with Gasteiger partial charge in [-0.2, -0.15) is 0 Å². The molecule has 3 N–H and O–H groups in total. The Morgan fingerprint density at radius 3 is 2.65 bits per heavy atom. The number of primary amides is 1. The molecule has 2 rings (SSSR count). The fraction of sp³-hybridized carbons (Fsp3) is 0.357. The van der Waals surface area contributed by atoms with E-state index in [0.717, 1.165) is 5.56 Å². The molecule has 0 bridgehead atoms. The van der Waals surface area contributed by atoms with Gasteiger partial charge in [-0.3, -0.25) is 4.79 Å². The Morgan fingerprint density at radius 2 is 2.00 bits per heavy atom. The van der Waals surface area contributed by atoms with Crippen molar-refractivity contribution in [2.75, 3.05) is 0 Å². The fourth-order valence-electron chi connectivity index (χ4n) is 1.84. The minimum absolute atomic E-state index is 0.243. The van der Waals surface area contributed by atoms with Crippen LogP contribution in [0.5, 0.6) is 0 Å². The van der Waals surface area contributed by atoms with Crippen LogP contribution in [0.1, 0.15) is 26.2 Å². The van der Waals surface area contributed by atoms with Crippen LogP contribution in [-0.2, 0) is 11.3 Å². The van der Waals surface area contributed by atoms with E-state index in [1.807, 2.05) is 44.2 Å². The maximum Gasteiger partial charge on any atom is 0.247 e. The summed E-state index contributed by atoms with van der Waals surface area (Å²) in [6.07, 6.45) is 0.243. The molecule has 1 amide bonds. The second-order valence-electron chi connectivity index (χ2n) is 5.25. The maximum atomic E-state index is 10.9. The first-order valence-corrected chi connectivity index (χ1v) is 6.37. The Bertz CT molecular complexity index is 578. The summed E-state index contributed by atoms with van der Waals surface area (Å²) in [4.78, 5) is 10.9. The Hall–Kier alpha value is -2.21. The number of rotatable bonds is 6. The van der Waals surface area contributed by atoms with Crippen LogP contribution in [0, 0.1) is 0 Å². The van der Waals surface area contributed by atoms with Crippen LogP contribution >= 0.6 is 0 Å². The summed E-state index contributed by atoms with van der Waals surface area (Å²) in [5.74, 6) is 0.606. The van der Waals surface area contributed by atoms with Gasteiger partial charge in [-0.15, -0.1) is 10.2 Å². The van der Waals surface area contributed by atoms with E-state index >= 15 is 0 Å². The second-order valence-corrected chi connectivity index (χ2v) is 5.25. The van der Waals surface area contributed by atoms with Crippen LogP contribution in [0.3, 0.4) is 0 Å². The molecule has 6 heteroatoms. The molecule has 0 spiro atoms. The summed E-state index contributed by atoms with van der Waals surface area (Å²) in [7, 11) is 0. The molecule has 1 aromatic carbocycles. The molecule has 0 saturated heterocycles. The third-order valence-electron chi connectivity index (χ3n) is 2.82. The Kier molecular flexibility index (Phi) is 4.14. The van der Waals surface area contributed by atoms with Gasteiger partial charge in [-0.1, -0.05) is 18.2 Å². The molecule has 0 aliphatic heterocycles. The van der Waals surface area contributed by atoms with Gasteiger partial charge in [0.1, 0.15) is 0 Å². The first-order valence-electron chi connectivity index (χ1n) is 6.37. The fourth-order valence-corrected chi connectivity index (χ4v) is 1.84. The highest BCUT2D eigenvalue weighted by molar-refractivity contribution is 5.74. The summed E-state index contributed by atoms with van der Waals surface area (Å²) in [6.45, 7) is 4.18. The van der Waals surface area contributed by atoms with Crippen molar-refractivity contribution in [1.29, 1.82) is 0 Å². The number of hydrogen-bond donors (Lipinski definition) is 2.